The Hall–Kier alpha value is -1.53. The number of likely N-dealkylation sites (N-methyl/N-ethyl adjacent to an activating group) is 1. The molecule has 0 bridgehead atoms. The number of thioether (sulfide) groups is 1. The van der Waals surface area contributed by atoms with E-state index in [1.165, 1.54) is 11.8 Å². The minimum Gasteiger partial charge on any atom is -0.481 e. The lowest BCUT2D eigenvalue weighted by molar-refractivity contribution is -0.133. The van der Waals surface area contributed by atoms with Gasteiger partial charge in [-0.1, -0.05) is 30.8 Å². The molecular formula is C14H19N3O2S. The van der Waals surface area contributed by atoms with Gasteiger partial charge in [0, 0.05) is 13.1 Å². The van der Waals surface area contributed by atoms with E-state index >= 15 is 0 Å². The number of benzene rings is 1. The first-order chi connectivity index (χ1) is 9.61. The molecule has 2 aromatic rings. The maximum absolute atomic E-state index is 10.7. The van der Waals surface area contributed by atoms with Crippen molar-refractivity contribution in [3.8, 4) is 0 Å². The fourth-order valence-electron chi connectivity index (χ4n) is 1.93. The molecule has 0 spiro atoms. The maximum atomic E-state index is 10.7. The fraction of sp³-hybridized carbons (Fsp3) is 0.429. The third-order valence-electron chi connectivity index (χ3n) is 3.19. The Morgan fingerprint density at radius 1 is 1.45 bits per heavy atom. The van der Waals surface area contributed by atoms with Crippen LogP contribution >= 0.6 is 11.8 Å². The normalized spacial score (nSPS) is 11.3. The molecule has 0 radical (unpaired) electrons. The first kappa shape index (κ1) is 14.9. The van der Waals surface area contributed by atoms with Crippen molar-refractivity contribution < 1.29 is 9.90 Å². The Kier molecular flexibility index (Phi) is 5.03. The third kappa shape index (κ3) is 3.52. The van der Waals surface area contributed by atoms with E-state index in [1.54, 1.807) is 0 Å². The Balaban J connectivity index is 2.26. The quantitative estimate of drug-likeness (QED) is 0.793. The summed E-state index contributed by atoms with van der Waals surface area (Å²) in [4.78, 5) is 17.5. The summed E-state index contributed by atoms with van der Waals surface area (Å²) >= 11 is 1.27. The molecule has 6 heteroatoms. The van der Waals surface area contributed by atoms with Gasteiger partial charge in [-0.2, -0.15) is 0 Å². The van der Waals surface area contributed by atoms with Crippen LogP contribution in [-0.4, -0.2) is 51.4 Å². The van der Waals surface area contributed by atoms with Crippen molar-refractivity contribution in [2.45, 2.75) is 18.6 Å². The van der Waals surface area contributed by atoms with E-state index in [1.807, 2.05) is 24.3 Å². The summed E-state index contributed by atoms with van der Waals surface area (Å²) in [5, 5.41) is 9.61. The summed E-state index contributed by atoms with van der Waals surface area (Å²) in [6.07, 6.45) is 0. The van der Waals surface area contributed by atoms with Crippen LogP contribution in [0.1, 0.15) is 6.92 Å². The molecule has 5 nitrogen and oxygen atoms in total. The second-order valence-electron chi connectivity index (χ2n) is 4.61. The van der Waals surface area contributed by atoms with Gasteiger partial charge in [0.15, 0.2) is 5.16 Å². The molecule has 1 N–H and O–H groups in total. The Labute approximate surface area is 122 Å². The molecule has 0 fully saturated rings. The average molecular weight is 293 g/mol. The van der Waals surface area contributed by atoms with Gasteiger partial charge in [-0.25, -0.2) is 4.98 Å². The number of para-hydroxylation sites is 2. The number of rotatable bonds is 7. The van der Waals surface area contributed by atoms with E-state index in [9.17, 15) is 4.79 Å². The van der Waals surface area contributed by atoms with Crippen LogP contribution in [0.4, 0.5) is 0 Å². The summed E-state index contributed by atoms with van der Waals surface area (Å²) in [6, 6.07) is 7.92. The zero-order valence-electron chi connectivity index (χ0n) is 11.7. The second kappa shape index (κ2) is 6.76. The van der Waals surface area contributed by atoms with Crippen molar-refractivity contribution in [1.82, 2.24) is 14.5 Å². The predicted molar refractivity (Wildman–Crippen MR) is 81.3 cm³/mol. The Bertz CT molecular complexity index is 597. The van der Waals surface area contributed by atoms with E-state index in [0.29, 0.717) is 0 Å². The van der Waals surface area contributed by atoms with Crippen LogP contribution in [0.15, 0.2) is 29.4 Å². The van der Waals surface area contributed by atoms with Crippen molar-refractivity contribution in [1.29, 1.82) is 0 Å². The summed E-state index contributed by atoms with van der Waals surface area (Å²) in [5.41, 5.74) is 1.98. The van der Waals surface area contributed by atoms with Crippen LogP contribution in [0.3, 0.4) is 0 Å². The highest BCUT2D eigenvalue weighted by atomic mass is 32.2. The number of hydrogen-bond acceptors (Lipinski definition) is 4. The first-order valence-electron chi connectivity index (χ1n) is 6.60. The maximum Gasteiger partial charge on any atom is 0.313 e. The van der Waals surface area contributed by atoms with Crippen LogP contribution in [-0.2, 0) is 11.3 Å². The van der Waals surface area contributed by atoms with Gasteiger partial charge in [0.2, 0.25) is 0 Å². The van der Waals surface area contributed by atoms with Crippen LogP contribution in [0.25, 0.3) is 11.0 Å². The standard InChI is InChI=1S/C14H19N3O2S/c1-3-16(2)8-9-17-12-7-5-4-6-11(12)15-14(17)20-10-13(18)19/h4-7H,3,8-10H2,1-2H3,(H,18,19). The Morgan fingerprint density at radius 2 is 2.20 bits per heavy atom. The first-order valence-corrected chi connectivity index (χ1v) is 7.58. The van der Waals surface area contributed by atoms with Crippen LogP contribution < -0.4 is 0 Å². The lowest BCUT2D eigenvalue weighted by atomic mass is 10.3. The summed E-state index contributed by atoms with van der Waals surface area (Å²) in [7, 11) is 2.07. The number of fused-ring (bicyclic) bond motifs is 1. The molecule has 0 atom stereocenters. The smallest absolute Gasteiger partial charge is 0.313 e. The molecule has 2 rings (SSSR count). The number of carbonyl (C=O) groups is 1. The molecule has 0 aliphatic rings. The number of carboxylic acids is 1. The molecule has 0 unspecified atom stereocenters. The molecule has 0 aliphatic carbocycles. The van der Waals surface area contributed by atoms with Crippen LogP contribution in [0, 0.1) is 0 Å². The molecule has 20 heavy (non-hydrogen) atoms. The van der Waals surface area contributed by atoms with Gasteiger partial charge in [-0.15, -0.1) is 0 Å². The van der Waals surface area contributed by atoms with Crippen molar-refractivity contribution in [2.75, 3.05) is 25.9 Å². The highest BCUT2D eigenvalue weighted by Gasteiger charge is 2.12. The van der Waals surface area contributed by atoms with E-state index in [-0.39, 0.29) is 5.75 Å². The van der Waals surface area contributed by atoms with E-state index < -0.39 is 5.97 Å². The van der Waals surface area contributed by atoms with Crippen molar-refractivity contribution >= 4 is 28.8 Å². The number of aliphatic carboxylic acids is 1. The number of imidazole rings is 1. The second-order valence-corrected chi connectivity index (χ2v) is 5.56. The third-order valence-corrected chi connectivity index (χ3v) is 4.15. The summed E-state index contributed by atoms with van der Waals surface area (Å²) < 4.78 is 2.11. The van der Waals surface area contributed by atoms with Crippen molar-refractivity contribution in [3.63, 3.8) is 0 Å². The number of aromatic nitrogens is 2. The van der Waals surface area contributed by atoms with E-state index in [0.717, 1.165) is 35.8 Å². The monoisotopic (exact) mass is 293 g/mol. The van der Waals surface area contributed by atoms with Gasteiger partial charge in [-0.05, 0) is 25.7 Å². The lowest BCUT2D eigenvalue weighted by Gasteiger charge is -2.15. The SMILES string of the molecule is CCN(C)CCn1c(SCC(=O)O)nc2ccccc21. The van der Waals surface area contributed by atoms with E-state index in [2.05, 4.69) is 28.4 Å². The molecule has 1 aromatic carbocycles. The highest BCUT2D eigenvalue weighted by Crippen LogP contribution is 2.23. The lowest BCUT2D eigenvalue weighted by Crippen LogP contribution is -2.23. The van der Waals surface area contributed by atoms with Gasteiger partial charge in [0.1, 0.15) is 0 Å². The molecule has 0 aliphatic heterocycles. The zero-order valence-corrected chi connectivity index (χ0v) is 12.6. The molecule has 1 heterocycles. The number of hydrogen-bond donors (Lipinski definition) is 1. The topological polar surface area (TPSA) is 58.4 Å². The molecule has 1 aromatic heterocycles. The molecular weight excluding hydrogens is 274 g/mol. The fourth-order valence-corrected chi connectivity index (χ4v) is 2.70. The van der Waals surface area contributed by atoms with Crippen LogP contribution in [0.5, 0.6) is 0 Å². The van der Waals surface area contributed by atoms with Gasteiger partial charge in [-0.3, -0.25) is 4.79 Å². The largest absolute Gasteiger partial charge is 0.481 e. The molecule has 0 saturated carbocycles. The predicted octanol–water partition coefficient (Wildman–Crippen LogP) is 2.16. The Morgan fingerprint density at radius 3 is 2.90 bits per heavy atom. The van der Waals surface area contributed by atoms with Crippen molar-refractivity contribution in [2.24, 2.45) is 0 Å². The van der Waals surface area contributed by atoms with E-state index in [4.69, 9.17) is 5.11 Å². The molecule has 0 saturated heterocycles. The van der Waals surface area contributed by atoms with Crippen LogP contribution in [0.2, 0.25) is 0 Å². The van der Waals surface area contributed by atoms with Gasteiger partial charge < -0.3 is 14.6 Å². The number of nitrogens with zero attached hydrogens (tertiary/aromatic N) is 3. The molecule has 108 valence electrons. The minimum absolute atomic E-state index is 0.0347. The van der Waals surface area contributed by atoms with Gasteiger partial charge >= 0.3 is 5.97 Å². The minimum atomic E-state index is -0.820. The van der Waals surface area contributed by atoms with Gasteiger partial charge in [0.25, 0.3) is 0 Å². The van der Waals surface area contributed by atoms with Crippen molar-refractivity contribution in [3.05, 3.63) is 24.3 Å². The summed E-state index contributed by atoms with van der Waals surface area (Å²) in [5.74, 6) is -0.785. The summed E-state index contributed by atoms with van der Waals surface area (Å²) in [6.45, 7) is 4.83. The number of carboxylic acid groups (broad SMARTS) is 1. The average Bonchev–Trinajstić information content (AvgIpc) is 2.80. The zero-order chi connectivity index (χ0) is 14.5. The molecule has 0 amide bonds. The van der Waals surface area contributed by atoms with Gasteiger partial charge in [0.05, 0.1) is 16.8 Å². The highest BCUT2D eigenvalue weighted by molar-refractivity contribution is 7.99.